The van der Waals surface area contributed by atoms with E-state index in [-0.39, 0.29) is 83.0 Å². The van der Waals surface area contributed by atoms with Gasteiger partial charge in [0.2, 0.25) is 76.8 Å². The predicted octanol–water partition coefficient (Wildman–Crippen LogP) is -3.91. The van der Waals surface area contributed by atoms with Crippen LogP contribution in [0.1, 0.15) is 121 Å². The van der Waals surface area contributed by atoms with Gasteiger partial charge in [0.15, 0.2) is 5.96 Å². The lowest BCUT2D eigenvalue weighted by atomic mass is 10.0. The van der Waals surface area contributed by atoms with E-state index in [1.165, 1.54) is 21.6 Å². The second-order valence-electron chi connectivity index (χ2n) is 25.0. The van der Waals surface area contributed by atoms with Crippen LogP contribution in [-0.2, 0) is 84.7 Å². The minimum atomic E-state index is -1.66. The Morgan fingerprint density at radius 3 is 1.50 bits per heavy atom. The van der Waals surface area contributed by atoms with Crippen LogP contribution in [0.15, 0.2) is 65.7 Å². The number of aliphatic imine (C=N–C) groups is 1. The number of unbranched alkanes of at least 4 members (excludes halogenated alkanes) is 1. The molecule has 552 valence electrons. The number of hydrogen-bond acceptors (Lipinski definition) is 19. The van der Waals surface area contributed by atoms with Gasteiger partial charge < -0.3 is 96.8 Å². The van der Waals surface area contributed by atoms with Gasteiger partial charge in [-0.05, 0) is 119 Å². The van der Waals surface area contributed by atoms with E-state index >= 15 is 0 Å². The van der Waals surface area contributed by atoms with Crippen LogP contribution in [0.2, 0.25) is 0 Å². The van der Waals surface area contributed by atoms with Crippen LogP contribution in [0.25, 0.3) is 0 Å². The maximum absolute atomic E-state index is 14.7. The number of methoxy groups -OCH3 is 1. The zero-order chi connectivity index (χ0) is 73.8. The molecular formula is C66H102N18O15S. The maximum Gasteiger partial charge on any atom is 0.325 e. The van der Waals surface area contributed by atoms with Gasteiger partial charge in [-0.25, -0.2) is 0 Å². The van der Waals surface area contributed by atoms with E-state index < -0.39 is 182 Å². The van der Waals surface area contributed by atoms with Crippen molar-refractivity contribution in [2.45, 2.75) is 183 Å². The van der Waals surface area contributed by atoms with Crippen LogP contribution in [0.5, 0.6) is 0 Å². The molecule has 0 saturated carbocycles. The summed E-state index contributed by atoms with van der Waals surface area (Å²) in [6.07, 6.45) is 2.84. The first kappa shape index (κ1) is 83.0. The first-order valence-electron chi connectivity index (χ1n) is 33.7. The van der Waals surface area contributed by atoms with Gasteiger partial charge in [-0.15, -0.1) is 0 Å². The number of hydrogen-bond donors (Lipinski definition) is 15. The molecule has 2 aromatic carbocycles. The van der Waals surface area contributed by atoms with Crippen molar-refractivity contribution in [2.75, 3.05) is 58.4 Å². The molecule has 2 saturated heterocycles. The van der Waals surface area contributed by atoms with Crippen molar-refractivity contribution in [3.63, 3.8) is 0 Å². The number of thioether (sulfide) groups is 1. The molecule has 13 amide bonds. The number of carbonyl (C=O) groups is 14. The Morgan fingerprint density at radius 2 is 1.00 bits per heavy atom. The van der Waals surface area contributed by atoms with Crippen molar-refractivity contribution >= 4 is 100 Å². The Hall–Kier alpha value is -9.44. The summed E-state index contributed by atoms with van der Waals surface area (Å²) in [5.41, 5.74) is 35.1. The molecule has 2 aliphatic heterocycles. The van der Waals surface area contributed by atoms with Gasteiger partial charge in [0, 0.05) is 45.3 Å². The van der Waals surface area contributed by atoms with Crippen molar-refractivity contribution in [3.05, 3.63) is 71.8 Å². The zero-order valence-electron chi connectivity index (χ0n) is 57.4. The topological polar surface area (TPSA) is 531 Å². The highest BCUT2D eigenvalue weighted by atomic mass is 32.2. The SMILES string of the molecule is COC(=O)CNC(=O)[C@H](CCSC)NC(=O)[C@H](CC(C)C)NC(=O)CNC(=O)[C@H](Cc1ccccc1)NC(=O)[C@H](Cc1ccccc1)NC(=O)[C@H](CCC(N)=O)NC(=O)[C@H](CCC(N)=O)NC(=O)[C@@H]1CCCN1C(=O)[C@H](CCCCN)NC(=O)[C@@H]1CCCN1C(=O)[C@@H](N)CCCN=C(N)N. The molecule has 0 bridgehead atoms. The van der Waals surface area contributed by atoms with Gasteiger partial charge in [-0.1, -0.05) is 74.5 Å². The largest absolute Gasteiger partial charge is 0.468 e. The highest BCUT2D eigenvalue weighted by Gasteiger charge is 2.42. The molecule has 2 heterocycles. The highest BCUT2D eigenvalue weighted by Crippen LogP contribution is 2.24. The second-order valence-corrected chi connectivity index (χ2v) is 26.0. The number of benzene rings is 2. The average Bonchev–Trinajstić information content (AvgIpc) is 1.62. The van der Waals surface area contributed by atoms with Gasteiger partial charge in [0.1, 0.15) is 60.9 Å². The summed E-state index contributed by atoms with van der Waals surface area (Å²) < 4.78 is 4.60. The molecule has 100 heavy (non-hydrogen) atoms. The third-order valence-corrected chi connectivity index (χ3v) is 17.3. The Balaban J connectivity index is 1.56. The van der Waals surface area contributed by atoms with E-state index in [0.29, 0.717) is 55.4 Å². The molecule has 0 aromatic heterocycles. The van der Waals surface area contributed by atoms with Crippen molar-refractivity contribution in [1.29, 1.82) is 0 Å². The number of nitrogens with zero attached hydrogens (tertiary/aromatic N) is 3. The Morgan fingerprint density at radius 1 is 0.540 bits per heavy atom. The maximum atomic E-state index is 14.7. The number of amides is 13. The molecule has 0 radical (unpaired) electrons. The number of likely N-dealkylation sites (tertiary alicyclic amines) is 2. The molecule has 2 aromatic rings. The molecule has 0 aliphatic carbocycles. The average molecular weight is 1420 g/mol. The van der Waals surface area contributed by atoms with Crippen LogP contribution in [0, 0.1) is 5.92 Å². The molecule has 2 fully saturated rings. The lowest BCUT2D eigenvalue weighted by Crippen LogP contribution is -2.60. The molecule has 21 N–H and O–H groups in total. The van der Waals surface area contributed by atoms with Crippen LogP contribution in [-0.4, -0.2) is 217 Å². The van der Waals surface area contributed by atoms with Crippen molar-refractivity contribution in [1.82, 2.24) is 57.7 Å². The quantitative estimate of drug-likeness (QED) is 0.0130. The first-order valence-corrected chi connectivity index (χ1v) is 35.0. The summed E-state index contributed by atoms with van der Waals surface area (Å²) in [6.45, 7) is 3.33. The number of nitrogens with two attached hydrogens (primary N) is 6. The number of nitrogens with one attached hydrogen (secondary N) is 9. The smallest absolute Gasteiger partial charge is 0.325 e. The monoisotopic (exact) mass is 1420 g/mol. The minimum Gasteiger partial charge on any atom is -0.468 e. The summed E-state index contributed by atoms with van der Waals surface area (Å²) in [5, 5.41) is 23.6. The fourth-order valence-electron chi connectivity index (χ4n) is 11.4. The lowest BCUT2D eigenvalue weighted by Gasteiger charge is -2.32. The van der Waals surface area contributed by atoms with E-state index in [1.54, 1.807) is 60.7 Å². The summed E-state index contributed by atoms with van der Waals surface area (Å²) in [6, 6.07) is 4.16. The van der Waals surface area contributed by atoms with Gasteiger partial charge in [0.25, 0.3) is 0 Å². The van der Waals surface area contributed by atoms with E-state index in [0.717, 1.165) is 7.11 Å². The summed E-state index contributed by atoms with van der Waals surface area (Å²) in [7, 11) is 1.16. The number of rotatable bonds is 44. The summed E-state index contributed by atoms with van der Waals surface area (Å²) >= 11 is 1.42. The standard InChI is InChI=1S/C66H102N18O15S/c1-39(2)34-47(60(93)78-45(28-33-100-4)56(89)75-38-55(88)99-3)76-54(87)37-74-57(90)48(35-40-16-7-5-8-17-40)81-61(94)49(36-41-18-9-6-10-19-41)82-59(92)43(24-26-52(69)85)77-58(91)44(25-27-53(70)86)79-62(95)51-23-15-32-84(51)65(98)46(21-11-12-29-67)80-63(96)50-22-14-31-83(50)64(97)42(68)20-13-30-73-66(71)72/h5-10,16-19,39,42-51H,11-15,20-38,67-68H2,1-4H3,(H2,69,85)(H2,70,86)(H,74,90)(H,75,89)(H,76,87)(H,77,91)(H,78,93)(H,79,95)(H,80,96)(H,81,94)(H,82,92)(H4,71,72,73)/t42-,43-,44-,45-,46-,47-,48-,49-,50-,51-/m0/s1. The number of ether oxygens (including phenoxy) is 1. The molecule has 33 nitrogen and oxygen atoms in total. The van der Waals surface area contributed by atoms with Crippen LogP contribution in [0.4, 0.5) is 0 Å². The molecular weight excluding hydrogens is 1320 g/mol. The van der Waals surface area contributed by atoms with Crippen LogP contribution >= 0.6 is 11.8 Å². The zero-order valence-corrected chi connectivity index (χ0v) is 58.2. The van der Waals surface area contributed by atoms with Crippen molar-refractivity contribution in [2.24, 2.45) is 45.3 Å². The van der Waals surface area contributed by atoms with Gasteiger partial charge in [0.05, 0.1) is 19.7 Å². The lowest BCUT2D eigenvalue weighted by molar-refractivity contribution is -0.144. The van der Waals surface area contributed by atoms with E-state index in [4.69, 9.17) is 34.4 Å². The number of carbonyl (C=O) groups excluding carboxylic acids is 14. The highest BCUT2D eigenvalue weighted by molar-refractivity contribution is 7.98. The molecule has 0 spiro atoms. The molecule has 4 rings (SSSR count). The fraction of sp³-hybridized carbons (Fsp3) is 0.591. The van der Waals surface area contributed by atoms with Gasteiger partial charge in [-0.3, -0.25) is 72.1 Å². The summed E-state index contributed by atoms with van der Waals surface area (Å²) in [4.78, 5) is 198. The number of guanidine groups is 1. The van der Waals surface area contributed by atoms with Crippen LogP contribution < -0.4 is 82.3 Å². The third-order valence-electron chi connectivity index (χ3n) is 16.6. The molecule has 2 aliphatic rings. The first-order chi connectivity index (χ1) is 47.7. The Bertz CT molecular complexity index is 3130. The van der Waals surface area contributed by atoms with Crippen LogP contribution in [0.3, 0.4) is 0 Å². The third kappa shape index (κ3) is 29.2. The summed E-state index contributed by atoms with van der Waals surface area (Å²) in [5.74, 6) is -10.7. The molecule has 0 unspecified atom stereocenters. The fourth-order valence-corrected chi connectivity index (χ4v) is 11.8. The van der Waals surface area contributed by atoms with Crippen molar-refractivity contribution in [3.8, 4) is 0 Å². The Labute approximate surface area is 586 Å². The van der Waals surface area contributed by atoms with E-state index in [1.807, 2.05) is 20.1 Å². The second kappa shape index (κ2) is 43.9. The van der Waals surface area contributed by atoms with Gasteiger partial charge in [-0.2, -0.15) is 11.8 Å². The van der Waals surface area contributed by atoms with Crippen molar-refractivity contribution < 1.29 is 71.9 Å². The normalized spacial score (nSPS) is 16.5. The Kier molecular flexibility index (Phi) is 36.4. The predicted molar refractivity (Wildman–Crippen MR) is 371 cm³/mol. The minimum absolute atomic E-state index is 0.0661. The number of primary amides is 2. The number of esters is 1. The van der Waals surface area contributed by atoms with E-state index in [9.17, 15) is 67.1 Å². The van der Waals surface area contributed by atoms with Gasteiger partial charge >= 0.3 is 5.97 Å². The molecule has 34 heteroatoms. The molecule has 10 atom stereocenters. The van der Waals surface area contributed by atoms with E-state index in [2.05, 4.69) is 57.6 Å².